The van der Waals surface area contributed by atoms with Gasteiger partial charge in [-0.1, -0.05) is 0 Å². The number of anilines is 1. The Morgan fingerprint density at radius 2 is 2.15 bits per heavy atom. The molecular formula is C10H11N3. The van der Waals surface area contributed by atoms with Crippen molar-refractivity contribution in [1.29, 1.82) is 5.26 Å². The molecule has 0 unspecified atom stereocenters. The number of hydrogen-bond acceptors (Lipinski definition) is 3. The zero-order valence-electron chi connectivity index (χ0n) is 7.40. The molecule has 1 fully saturated rings. The minimum Gasteiger partial charge on any atom is -0.371 e. The van der Waals surface area contributed by atoms with E-state index in [-0.39, 0.29) is 0 Å². The number of pyridine rings is 1. The van der Waals surface area contributed by atoms with Crippen LogP contribution in [0.3, 0.4) is 0 Å². The van der Waals surface area contributed by atoms with E-state index >= 15 is 0 Å². The summed E-state index contributed by atoms with van der Waals surface area (Å²) >= 11 is 0. The molecule has 0 aliphatic carbocycles. The highest BCUT2D eigenvalue weighted by Gasteiger charge is 2.12. The molecule has 66 valence electrons. The summed E-state index contributed by atoms with van der Waals surface area (Å²) in [7, 11) is 0. The van der Waals surface area contributed by atoms with Crippen LogP contribution in [0.15, 0.2) is 18.3 Å². The number of nitrogens with zero attached hydrogens (tertiary/aromatic N) is 3. The monoisotopic (exact) mass is 173 g/mol. The van der Waals surface area contributed by atoms with E-state index in [1.807, 2.05) is 12.1 Å². The van der Waals surface area contributed by atoms with Gasteiger partial charge in [-0.3, -0.25) is 0 Å². The molecule has 3 nitrogen and oxygen atoms in total. The van der Waals surface area contributed by atoms with Crippen molar-refractivity contribution >= 4 is 5.69 Å². The highest BCUT2D eigenvalue weighted by atomic mass is 15.1. The van der Waals surface area contributed by atoms with Gasteiger partial charge in [0.15, 0.2) is 0 Å². The lowest BCUT2D eigenvalue weighted by atomic mass is 10.3. The van der Waals surface area contributed by atoms with E-state index < -0.39 is 0 Å². The fourth-order valence-corrected chi connectivity index (χ4v) is 1.65. The van der Waals surface area contributed by atoms with Gasteiger partial charge >= 0.3 is 0 Å². The molecule has 0 bridgehead atoms. The lowest BCUT2D eigenvalue weighted by Crippen LogP contribution is -2.17. The van der Waals surface area contributed by atoms with E-state index in [0.29, 0.717) is 5.69 Å². The van der Waals surface area contributed by atoms with E-state index in [0.717, 1.165) is 18.8 Å². The second-order valence-corrected chi connectivity index (χ2v) is 3.21. The number of aromatic nitrogens is 1. The maximum atomic E-state index is 8.67. The molecule has 1 aromatic heterocycles. The molecular weight excluding hydrogens is 162 g/mol. The fourth-order valence-electron chi connectivity index (χ4n) is 1.65. The summed E-state index contributed by atoms with van der Waals surface area (Å²) in [6.07, 6.45) is 4.21. The van der Waals surface area contributed by atoms with E-state index in [1.165, 1.54) is 12.8 Å². The molecule has 0 aromatic carbocycles. The second-order valence-electron chi connectivity index (χ2n) is 3.21. The summed E-state index contributed by atoms with van der Waals surface area (Å²) in [5.74, 6) is 0. The molecule has 2 heterocycles. The van der Waals surface area contributed by atoms with Crippen LogP contribution in [0.2, 0.25) is 0 Å². The van der Waals surface area contributed by atoms with Gasteiger partial charge in [-0.15, -0.1) is 0 Å². The van der Waals surface area contributed by atoms with Crippen molar-refractivity contribution in [3.8, 4) is 6.07 Å². The molecule has 0 amide bonds. The Morgan fingerprint density at radius 1 is 1.38 bits per heavy atom. The first-order valence-corrected chi connectivity index (χ1v) is 4.51. The van der Waals surface area contributed by atoms with E-state index in [1.54, 1.807) is 6.20 Å². The molecule has 1 saturated heterocycles. The maximum Gasteiger partial charge on any atom is 0.142 e. The van der Waals surface area contributed by atoms with Crippen LogP contribution in [0.4, 0.5) is 5.69 Å². The van der Waals surface area contributed by atoms with Crippen LogP contribution >= 0.6 is 0 Å². The van der Waals surface area contributed by atoms with E-state index in [9.17, 15) is 0 Å². The van der Waals surface area contributed by atoms with Crippen LogP contribution < -0.4 is 4.90 Å². The molecule has 0 N–H and O–H groups in total. The van der Waals surface area contributed by atoms with Crippen molar-refractivity contribution in [2.45, 2.75) is 12.8 Å². The molecule has 0 saturated carbocycles. The van der Waals surface area contributed by atoms with Crippen LogP contribution in [0.5, 0.6) is 0 Å². The van der Waals surface area contributed by atoms with Gasteiger partial charge in [0, 0.05) is 25.0 Å². The highest BCUT2D eigenvalue weighted by Crippen LogP contribution is 2.19. The highest BCUT2D eigenvalue weighted by molar-refractivity contribution is 5.49. The van der Waals surface area contributed by atoms with Crippen molar-refractivity contribution in [2.24, 2.45) is 0 Å². The van der Waals surface area contributed by atoms with Gasteiger partial charge in [0.1, 0.15) is 11.8 Å². The van der Waals surface area contributed by atoms with Crippen LogP contribution in [0.25, 0.3) is 0 Å². The number of nitriles is 1. The Hall–Kier alpha value is -1.56. The summed E-state index contributed by atoms with van der Waals surface area (Å²) in [6.45, 7) is 2.21. The molecule has 2 rings (SSSR count). The Labute approximate surface area is 77.6 Å². The van der Waals surface area contributed by atoms with Gasteiger partial charge in [0.05, 0.1) is 0 Å². The first kappa shape index (κ1) is 8.06. The lowest BCUT2D eigenvalue weighted by molar-refractivity contribution is 0.949. The van der Waals surface area contributed by atoms with Crippen molar-refractivity contribution in [3.63, 3.8) is 0 Å². The predicted octanol–water partition coefficient (Wildman–Crippen LogP) is 1.55. The van der Waals surface area contributed by atoms with Crippen LogP contribution in [0, 0.1) is 11.3 Å². The number of rotatable bonds is 1. The molecule has 0 spiro atoms. The van der Waals surface area contributed by atoms with Gasteiger partial charge < -0.3 is 4.90 Å². The predicted molar refractivity (Wildman–Crippen MR) is 50.4 cm³/mol. The first-order valence-electron chi connectivity index (χ1n) is 4.51. The van der Waals surface area contributed by atoms with Crippen molar-refractivity contribution < 1.29 is 0 Å². The molecule has 13 heavy (non-hydrogen) atoms. The average Bonchev–Trinajstić information content (AvgIpc) is 2.71. The summed E-state index contributed by atoms with van der Waals surface area (Å²) in [6, 6.07) is 5.87. The minimum atomic E-state index is 0.504. The maximum absolute atomic E-state index is 8.67. The standard InChI is InChI=1S/C10H11N3/c11-8-9-7-10(3-4-12-9)13-5-1-2-6-13/h3-4,7H,1-2,5-6H2. The van der Waals surface area contributed by atoms with Crippen molar-refractivity contribution in [2.75, 3.05) is 18.0 Å². The normalized spacial score (nSPS) is 15.8. The van der Waals surface area contributed by atoms with Crippen LogP contribution in [0.1, 0.15) is 18.5 Å². The lowest BCUT2D eigenvalue weighted by Gasteiger charge is -2.16. The minimum absolute atomic E-state index is 0.504. The number of hydrogen-bond donors (Lipinski definition) is 0. The molecule has 1 aromatic rings. The molecule has 3 heteroatoms. The second kappa shape index (κ2) is 3.44. The topological polar surface area (TPSA) is 39.9 Å². The van der Waals surface area contributed by atoms with Gasteiger partial charge in [-0.25, -0.2) is 4.98 Å². The SMILES string of the molecule is N#Cc1cc(N2CCCC2)ccn1. The van der Waals surface area contributed by atoms with E-state index in [4.69, 9.17) is 5.26 Å². The summed E-state index contributed by atoms with van der Waals surface area (Å²) < 4.78 is 0. The third-order valence-electron chi connectivity index (χ3n) is 2.33. The average molecular weight is 173 g/mol. The van der Waals surface area contributed by atoms with Gasteiger partial charge in [0.2, 0.25) is 0 Å². The van der Waals surface area contributed by atoms with E-state index in [2.05, 4.69) is 16.0 Å². The molecule has 1 aliphatic rings. The molecule has 0 atom stereocenters. The van der Waals surface area contributed by atoms with Crippen molar-refractivity contribution in [3.05, 3.63) is 24.0 Å². The first-order chi connectivity index (χ1) is 6.40. The van der Waals surface area contributed by atoms with Gasteiger partial charge in [-0.05, 0) is 25.0 Å². The van der Waals surface area contributed by atoms with Crippen LogP contribution in [-0.2, 0) is 0 Å². The van der Waals surface area contributed by atoms with Crippen molar-refractivity contribution in [1.82, 2.24) is 4.98 Å². The molecule has 0 radical (unpaired) electrons. The summed E-state index contributed by atoms with van der Waals surface area (Å²) in [5.41, 5.74) is 1.63. The smallest absolute Gasteiger partial charge is 0.142 e. The quantitative estimate of drug-likeness (QED) is 0.647. The molecule has 1 aliphatic heterocycles. The Kier molecular flexibility index (Phi) is 2.13. The zero-order valence-corrected chi connectivity index (χ0v) is 7.40. The Balaban J connectivity index is 2.25. The zero-order chi connectivity index (χ0) is 9.10. The Bertz CT molecular complexity index is 334. The summed E-state index contributed by atoms with van der Waals surface area (Å²) in [4.78, 5) is 6.24. The van der Waals surface area contributed by atoms with Gasteiger partial charge in [-0.2, -0.15) is 5.26 Å². The van der Waals surface area contributed by atoms with Crippen LogP contribution in [-0.4, -0.2) is 18.1 Å². The van der Waals surface area contributed by atoms with Gasteiger partial charge in [0.25, 0.3) is 0 Å². The largest absolute Gasteiger partial charge is 0.371 e. The Morgan fingerprint density at radius 3 is 2.85 bits per heavy atom. The summed E-state index contributed by atoms with van der Waals surface area (Å²) in [5, 5.41) is 8.67. The third kappa shape index (κ3) is 1.62. The third-order valence-corrected chi connectivity index (χ3v) is 2.33. The fraction of sp³-hybridized carbons (Fsp3) is 0.400.